The first-order valence-corrected chi connectivity index (χ1v) is 8.23. The van der Waals surface area contributed by atoms with Crippen LogP contribution in [0.4, 0.5) is 0 Å². The molecule has 2 fully saturated rings. The zero-order valence-electron chi connectivity index (χ0n) is 13.7. The summed E-state index contributed by atoms with van der Waals surface area (Å²) >= 11 is 0. The highest BCUT2D eigenvalue weighted by molar-refractivity contribution is 5.88. The highest BCUT2D eigenvalue weighted by Crippen LogP contribution is 2.44. The molecule has 3 rings (SSSR count). The van der Waals surface area contributed by atoms with E-state index in [4.69, 9.17) is 5.73 Å². The maximum absolute atomic E-state index is 12.7. The topological polar surface area (TPSA) is 105 Å². The Morgan fingerprint density at radius 1 is 1.33 bits per heavy atom. The van der Waals surface area contributed by atoms with Gasteiger partial charge in [0.25, 0.3) is 0 Å². The smallest absolute Gasteiger partial charge is 0.240 e. The molecule has 1 aliphatic heterocycles. The normalized spacial score (nSPS) is 25.0. The molecule has 24 heavy (non-hydrogen) atoms. The first kappa shape index (κ1) is 16.4. The molecule has 1 aromatic heterocycles. The van der Waals surface area contributed by atoms with Crippen LogP contribution in [0.15, 0.2) is 24.4 Å². The predicted octanol–water partition coefficient (Wildman–Crippen LogP) is 0.299. The molecular weight excluding hydrogens is 308 g/mol. The lowest BCUT2D eigenvalue weighted by Gasteiger charge is -2.37. The molecule has 3 N–H and O–H groups in total. The summed E-state index contributed by atoms with van der Waals surface area (Å²) in [6.07, 6.45) is 4.26. The zero-order chi connectivity index (χ0) is 17.3. The summed E-state index contributed by atoms with van der Waals surface area (Å²) < 4.78 is 0. The van der Waals surface area contributed by atoms with Gasteiger partial charge >= 0.3 is 0 Å². The summed E-state index contributed by atoms with van der Waals surface area (Å²) in [6, 6.07) is 4.95. The highest BCUT2D eigenvalue weighted by atomic mass is 16.2. The monoisotopic (exact) mass is 330 g/mol. The molecule has 0 bridgehead atoms. The standard InChI is InChI=1S/C17H22N4O3/c1-11(22)21-9-5-12(10-13(21)15(18)23)16(24)20-17(6-7-17)14-4-2-3-8-19-14/h2-4,8,12-13H,5-7,9-10H2,1H3,(H2,18,23)(H,20,24). The van der Waals surface area contributed by atoms with E-state index in [2.05, 4.69) is 10.3 Å². The second-order valence-corrected chi connectivity index (χ2v) is 6.64. The van der Waals surface area contributed by atoms with E-state index in [0.29, 0.717) is 13.0 Å². The third-order valence-electron chi connectivity index (χ3n) is 4.97. The lowest BCUT2D eigenvalue weighted by Crippen LogP contribution is -2.54. The van der Waals surface area contributed by atoms with Crippen molar-refractivity contribution in [2.75, 3.05) is 6.54 Å². The SMILES string of the molecule is CC(=O)N1CCC(C(=O)NC2(c3ccccn3)CC2)CC1C(N)=O. The van der Waals surface area contributed by atoms with Crippen molar-refractivity contribution < 1.29 is 14.4 Å². The summed E-state index contributed by atoms with van der Waals surface area (Å²) in [7, 11) is 0. The fourth-order valence-electron chi connectivity index (χ4n) is 3.40. The second-order valence-electron chi connectivity index (χ2n) is 6.64. The van der Waals surface area contributed by atoms with Crippen molar-refractivity contribution in [3.63, 3.8) is 0 Å². The van der Waals surface area contributed by atoms with Crippen LogP contribution in [-0.4, -0.2) is 40.2 Å². The lowest BCUT2D eigenvalue weighted by atomic mass is 9.89. The third kappa shape index (κ3) is 3.11. The van der Waals surface area contributed by atoms with E-state index in [1.54, 1.807) is 6.20 Å². The predicted molar refractivity (Wildman–Crippen MR) is 86.4 cm³/mol. The summed E-state index contributed by atoms with van der Waals surface area (Å²) in [5.74, 6) is -1.16. The average Bonchev–Trinajstić information content (AvgIpc) is 3.35. The number of carbonyl (C=O) groups is 3. The fourth-order valence-corrected chi connectivity index (χ4v) is 3.40. The largest absolute Gasteiger partial charge is 0.368 e. The maximum atomic E-state index is 12.7. The van der Waals surface area contributed by atoms with Crippen molar-refractivity contribution in [2.45, 2.75) is 44.2 Å². The van der Waals surface area contributed by atoms with Crippen molar-refractivity contribution in [3.05, 3.63) is 30.1 Å². The molecule has 2 aliphatic rings. The van der Waals surface area contributed by atoms with Crippen LogP contribution in [0, 0.1) is 5.92 Å². The molecule has 1 aromatic rings. The van der Waals surface area contributed by atoms with Crippen LogP contribution in [0.3, 0.4) is 0 Å². The van der Waals surface area contributed by atoms with Gasteiger partial charge in [0.2, 0.25) is 17.7 Å². The molecule has 1 aliphatic carbocycles. The minimum absolute atomic E-state index is 0.0902. The molecule has 7 heteroatoms. The zero-order valence-corrected chi connectivity index (χ0v) is 13.7. The van der Waals surface area contributed by atoms with Crippen molar-refractivity contribution >= 4 is 17.7 Å². The van der Waals surface area contributed by atoms with Gasteiger partial charge < -0.3 is 16.0 Å². The van der Waals surface area contributed by atoms with Gasteiger partial charge in [-0.3, -0.25) is 19.4 Å². The number of nitrogens with two attached hydrogens (primary N) is 1. The van der Waals surface area contributed by atoms with Crippen molar-refractivity contribution in [3.8, 4) is 0 Å². The molecule has 0 spiro atoms. The Morgan fingerprint density at radius 2 is 2.08 bits per heavy atom. The molecular formula is C17H22N4O3. The number of pyridine rings is 1. The Morgan fingerprint density at radius 3 is 2.62 bits per heavy atom. The Balaban J connectivity index is 1.68. The van der Waals surface area contributed by atoms with Gasteiger partial charge in [-0.25, -0.2) is 0 Å². The van der Waals surface area contributed by atoms with E-state index in [-0.39, 0.29) is 29.7 Å². The van der Waals surface area contributed by atoms with Crippen LogP contribution in [0.2, 0.25) is 0 Å². The Kier molecular flexibility index (Phi) is 4.26. The molecule has 0 aromatic carbocycles. The van der Waals surface area contributed by atoms with Crippen molar-refractivity contribution in [2.24, 2.45) is 11.7 Å². The molecule has 0 radical (unpaired) electrons. The summed E-state index contributed by atoms with van der Waals surface area (Å²) in [5, 5.41) is 3.10. The summed E-state index contributed by atoms with van der Waals surface area (Å²) in [4.78, 5) is 41.7. The molecule has 1 saturated carbocycles. The van der Waals surface area contributed by atoms with Crippen LogP contribution in [-0.2, 0) is 19.9 Å². The van der Waals surface area contributed by atoms with Crippen molar-refractivity contribution in [1.29, 1.82) is 0 Å². The highest BCUT2D eigenvalue weighted by Gasteiger charge is 2.48. The van der Waals surface area contributed by atoms with Gasteiger partial charge in [-0.15, -0.1) is 0 Å². The Hall–Kier alpha value is -2.44. The number of aromatic nitrogens is 1. The van der Waals surface area contributed by atoms with Gasteiger partial charge in [0.1, 0.15) is 6.04 Å². The van der Waals surface area contributed by atoms with Crippen LogP contribution in [0.1, 0.15) is 38.3 Å². The van der Waals surface area contributed by atoms with Crippen LogP contribution < -0.4 is 11.1 Å². The number of piperidine rings is 1. The molecule has 2 atom stereocenters. The van der Waals surface area contributed by atoms with Gasteiger partial charge in [0, 0.05) is 25.6 Å². The van der Waals surface area contributed by atoms with Gasteiger partial charge in [-0.1, -0.05) is 6.07 Å². The minimum Gasteiger partial charge on any atom is -0.368 e. The second kappa shape index (κ2) is 6.22. The van der Waals surface area contributed by atoms with Gasteiger partial charge in [-0.2, -0.15) is 0 Å². The summed E-state index contributed by atoms with van der Waals surface area (Å²) in [6.45, 7) is 1.79. The quantitative estimate of drug-likeness (QED) is 0.828. The minimum atomic E-state index is -0.711. The molecule has 2 heterocycles. The lowest BCUT2D eigenvalue weighted by molar-refractivity contribution is -0.143. The number of hydrogen-bond acceptors (Lipinski definition) is 4. The number of hydrogen-bond donors (Lipinski definition) is 2. The van der Waals surface area contributed by atoms with E-state index >= 15 is 0 Å². The van der Waals surface area contributed by atoms with Gasteiger partial charge in [0.15, 0.2) is 0 Å². The van der Waals surface area contributed by atoms with E-state index in [1.165, 1.54) is 11.8 Å². The number of rotatable bonds is 4. The average molecular weight is 330 g/mol. The molecule has 7 nitrogen and oxygen atoms in total. The van der Waals surface area contributed by atoms with E-state index in [9.17, 15) is 14.4 Å². The number of primary amides is 1. The maximum Gasteiger partial charge on any atom is 0.240 e. The molecule has 1 saturated heterocycles. The van der Waals surface area contributed by atoms with E-state index < -0.39 is 11.9 Å². The first-order chi connectivity index (χ1) is 11.4. The van der Waals surface area contributed by atoms with E-state index in [1.807, 2.05) is 18.2 Å². The third-order valence-corrected chi connectivity index (χ3v) is 4.97. The van der Waals surface area contributed by atoms with Crippen LogP contribution in [0.25, 0.3) is 0 Å². The molecule has 128 valence electrons. The number of nitrogens with zero attached hydrogens (tertiary/aromatic N) is 2. The van der Waals surface area contributed by atoms with E-state index in [0.717, 1.165) is 18.5 Å². The van der Waals surface area contributed by atoms with Crippen molar-refractivity contribution in [1.82, 2.24) is 15.2 Å². The fraction of sp³-hybridized carbons (Fsp3) is 0.529. The number of amides is 3. The number of likely N-dealkylation sites (tertiary alicyclic amines) is 1. The molecule has 3 amide bonds. The number of carbonyl (C=O) groups excluding carboxylic acids is 3. The first-order valence-electron chi connectivity index (χ1n) is 8.23. The molecule has 2 unspecified atom stereocenters. The van der Waals surface area contributed by atoms with Gasteiger partial charge in [0.05, 0.1) is 11.2 Å². The summed E-state index contributed by atoms with van der Waals surface area (Å²) in [5.41, 5.74) is 5.90. The Bertz CT molecular complexity index is 657. The Labute approximate surface area is 140 Å². The number of nitrogens with one attached hydrogen (secondary N) is 1. The van der Waals surface area contributed by atoms with Gasteiger partial charge in [-0.05, 0) is 37.8 Å². The van der Waals surface area contributed by atoms with Crippen LogP contribution >= 0.6 is 0 Å². The van der Waals surface area contributed by atoms with Crippen LogP contribution in [0.5, 0.6) is 0 Å².